The van der Waals surface area contributed by atoms with Crippen LogP contribution in [0.25, 0.3) is 0 Å². The number of rotatable bonds is 5. The molecule has 0 heterocycles. The number of nitrogens with two attached hydrogens (primary N) is 1. The number of nitrogen functional groups attached to an aromatic ring is 1. The van der Waals surface area contributed by atoms with Crippen molar-refractivity contribution in [3.63, 3.8) is 0 Å². The first-order valence-electron chi connectivity index (χ1n) is 5.98. The van der Waals surface area contributed by atoms with Crippen LogP contribution in [-0.4, -0.2) is 31.8 Å². The van der Waals surface area contributed by atoms with Crippen molar-refractivity contribution in [1.82, 2.24) is 5.32 Å². The fraction of sp³-hybridized carbons (Fsp3) is 0.462. The van der Waals surface area contributed by atoms with Gasteiger partial charge in [0.2, 0.25) is 0 Å². The molecule has 0 unspecified atom stereocenters. The molecule has 1 saturated carbocycles. The molecule has 0 radical (unpaired) electrons. The van der Waals surface area contributed by atoms with Crippen LogP contribution in [0.2, 0.25) is 0 Å². The summed E-state index contributed by atoms with van der Waals surface area (Å²) in [6, 6.07) is 7.24. The van der Waals surface area contributed by atoms with Crippen molar-refractivity contribution < 1.29 is 14.3 Å². The molecule has 3 N–H and O–H groups in total. The summed E-state index contributed by atoms with van der Waals surface area (Å²) in [6.07, 6.45) is 2.03. The second-order valence-corrected chi connectivity index (χ2v) is 4.45. The molecule has 1 aromatic rings. The van der Waals surface area contributed by atoms with E-state index in [0.29, 0.717) is 11.4 Å². The molecule has 1 aromatic carbocycles. The zero-order chi connectivity index (χ0) is 13.0. The van der Waals surface area contributed by atoms with Crippen molar-refractivity contribution in [2.45, 2.75) is 25.0 Å². The molecule has 1 fully saturated rings. The molecule has 0 bridgehead atoms. The monoisotopic (exact) mass is 250 g/mol. The topological polar surface area (TPSA) is 73.6 Å². The molecule has 1 aliphatic rings. The Morgan fingerprint density at radius 1 is 1.50 bits per heavy atom. The number of hydrogen-bond donors (Lipinski definition) is 2. The van der Waals surface area contributed by atoms with Gasteiger partial charge in [-0.05, 0) is 25.0 Å². The molecule has 1 aliphatic carbocycles. The van der Waals surface area contributed by atoms with Crippen LogP contribution in [0.5, 0.6) is 5.75 Å². The third-order valence-corrected chi connectivity index (χ3v) is 3.02. The van der Waals surface area contributed by atoms with E-state index in [9.17, 15) is 4.79 Å². The number of benzene rings is 1. The number of anilines is 1. The normalized spacial score (nSPS) is 22.1. The summed E-state index contributed by atoms with van der Waals surface area (Å²) in [5, 5.41) is 2.89. The van der Waals surface area contributed by atoms with E-state index >= 15 is 0 Å². The Hall–Kier alpha value is -1.75. The first-order chi connectivity index (χ1) is 8.67. The molecule has 0 aromatic heterocycles. The van der Waals surface area contributed by atoms with Crippen molar-refractivity contribution in [3.8, 4) is 5.75 Å². The number of carbonyl (C=O) groups excluding carboxylic acids is 1. The predicted octanol–water partition coefficient (Wildman–Crippen LogP) is 0.941. The van der Waals surface area contributed by atoms with Gasteiger partial charge in [0.15, 0.2) is 6.61 Å². The summed E-state index contributed by atoms with van der Waals surface area (Å²) in [4.78, 5) is 11.6. The Labute approximate surface area is 106 Å². The first kappa shape index (κ1) is 12.7. The number of nitrogens with one attached hydrogen (secondary N) is 1. The van der Waals surface area contributed by atoms with Gasteiger partial charge in [0, 0.05) is 24.9 Å². The largest absolute Gasteiger partial charge is 0.484 e. The Morgan fingerprint density at radius 3 is 2.94 bits per heavy atom. The van der Waals surface area contributed by atoms with Gasteiger partial charge in [0.25, 0.3) is 5.91 Å². The maximum absolute atomic E-state index is 11.6. The van der Waals surface area contributed by atoms with Crippen molar-refractivity contribution in [2.24, 2.45) is 0 Å². The highest BCUT2D eigenvalue weighted by Crippen LogP contribution is 2.22. The molecule has 18 heavy (non-hydrogen) atoms. The lowest BCUT2D eigenvalue weighted by Gasteiger charge is -2.34. The third-order valence-electron chi connectivity index (χ3n) is 3.02. The second kappa shape index (κ2) is 5.73. The molecular formula is C13H18N2O3. The number of carbonyl (C=O) groups is 1. The van der Waals surface area contributed by atoms with E-state index in [4.69, 9.17) is 15.2 Å². The van der Waals surface area contributed by atoms with Crippen LogP contribution in [-0.2, 0) is 9.53 Å². The van der Waals surface area contributed by atoms with Crippen LogP contribution < -0.4 is 15.8 Å². The summed E-state index contributed by atoms with van der Waals surface area (Å²) >= 11 is 0. The maximum Gasteiger partial charge on any atom is 0.258 e. The lowest BCUT2D eigenvalue weighted by atomic mass is 9.89. The fourth-order valence-corrected chi connectivity index (χ4v) is 1.90. The Bertz CT molecular complexity index is 416. The number of ether oxygens (including phenoxy) is 2. The molecule has 0 spiro atoms. The minimum atomic E-state index is -0.114. The van der Waals surface area contributed by atoms with Gasteiger partial charge in [-0.1, -0.05) is 6.07 Å². The molecule has 1 amide bonds. The summed E-state index contributed by atoms with van der Waals surface area (Å²) in [5.41, 5.74) is 6.23. The number of methoxy groups -OCH3 is 1. The van der Waals surface area contributed by atoms with Crippen molar-refractivity contribution in [1.29, 1.82) is 0 Å². The van der Waals surface area contributed by atoms with E-state index < -0.39 is 0 Å². The van der Waals surface area contributed by atoms with Crippen LogP contribution >= 0.6 is 0 Å². The third kappa shape index (κ3) is 3.37. The minimum Gasteiger partial charge on any atom is -0.484 e. The molecule has 0 aliphatic heterocycles. The van der Waals surface area contributed by atoms with Gasteiger partial charge in [-0.25, -0.2) is 0 Å². The zero-order valence-electron chi connectivity index (χ0n) is 10.4. The molecule has 5 nitrogen and oxygen atoms in total. The van der Waals surface area contributed by atoms with E-state index in [1.807, 2.05) is 0 Å². The smallest absolute Gasteiger partial charge is 0.258 e. The van der Waals surface area contributed by atoms with Gasteiger partial charge in [0.1, 0.15) is 5.75 Å². The first-order valence-corrected chi connectivity index (χ1v) is 5.98. The summed E-state index contributed by atoms with van der Waals surface area (Å²) in [6.45, 7) is 0.0115. The average molecular weight is 250 g/mol. The van der Waals surface area contributed by atoms with E-state index in [0.717, 1.165) is 12.8 Å². The number of amides is 1. The predicted molar refractivity (Wildman–Crippen MR) is 68.3 cm³/mol. The van der Waals surface area contributed by atoms with Crippen LogP contribution in [0.4, 0.5) is 5.69 Å². The van der Waals surface area contributed by atoms with Crippen LogP contribution in [0.1, 0.15) is 12.8 Å². The van der Waals surface area contributed by atoms with Gasteiger partial charge >= 0.3 is 0 Å². The molecule has 98 valence electrons. The fourth-order valence-electron chi connectivity index (χ4n) is 1.90. The zero-order valence-corrected chi connectivity index (χ0v) is 10.4. The van der Waals surface area contributed by atoms with Gasteiger partial charge in [-0.2, -0.15) is 0 Å². The quantitative estimate of drug-likeness (QED) is 0.763. The Kier molecular flexibility index (Phi) is 4.04. The Balaban J connectivity index is 1.69. The summed E-state index contributed by atoms with van der Waals surface area (Å²) in [5.74, 6) is 0.491. The van der Waals surface area contributed by atoms with E-state index in [1.54, 1.807) is 31.4 Å². The van der Waals surface area contributed by atoms with Crippen molar-refractivity contribution >= 4 is 11.6 Å². The lowest BCUT2D eigenvalue weighted by molar-refractivity contribution is -0.125. The van der Waals surface area contributed by atoms with Gasteiger partial charge in [-0.15, -0.1) is 0 Å². The average Bonchev–Trinajstić information content (AvgIpc) is 2.31. The second-order valence-electron chi connectivity index (χ2n) is 4.45. The highest BCUT2D eigenvalue weighted by Gasteiger charge is 2.29. The standard InChI is InChI=1S/C13H18N2O3/c1-17-12-6-10(7-12)15-13(16)8-18-11-4-2-3-9(14)5-11/h2-5,10,12H,6-8,14H2,1H3,(H,15,16). The SMILES string of the molecule is COC1CC(NC(=O)COc2cccc(N)c2)C1. The van der Waals surface area contributed by atoms with Gasteiger partial charge in [0.05, 0.1) is 6.10 Å². The van der Waals surface area contributed by atoms with E-state index in [-0.39, 0.29) is 24.7 Å². The molecule has 0 atom stereocenters. The summed E-state index contributed by atoms with van der Waals surface area (Å²) in [7, 11) is 1.69. The van der Waals surface area contributed by atoms with E-state index in [1.165, 1.54) is 0 Å². The van der Waals surface area contributed by atoms with Crippen LogP contribution in [0, 0.1) is 0 Å². The van der Waals surface area contributed by atoms with E-state index in [2.05, 4.69) is 5.32 Å². The molecule has 2 rings (SSSR count). The number of hydrogen-bond acceptors (Lipinski definition) is 4. The van der Waals surface area contributed by atoms with Gasteiger partial charge < -0.3 is 20.5 Å². The minimum absolute atomic E-state index is 0.0115. The van der Waals surface area contributed by atoms with Crippen molar-refractivity contribution in [2.75, 3.05) is 19.5 Å². The molecular weight excluding hydrogens is 232 g/mol. The van der Waals surface area contributed by atoms with Crippen molar-refractivity contribution in [3.05, 3.63) is 24.3 Å². The van der Waals surface area contributed by atoms with Crippen LogP contribution in [0.15, 0.2) is 24.3 Å². The summed E-state index contributed by atoms with van der Waals surface area (Å²) < 4.78 is 10.5. The highest BCUT2D eigenvalue weighted by atomic mass is 16.5. The molecule has 5 heteroatoms. The molecule has 0 saturated heterocycles. The van der Waals surface area contributed by atoms with Crippen LogP contribution in [0.3, 0.4) is 0 Å². The lowest BCUT2D eigenvalue weighted by Crippen LogP contribution is -2.48. The maximum atomic E-state index is 11.6. The Morgan fingerprint density at radius 2 is 2.28 bits per heavy atom. The highest BCUT2D eigenvalue weighted by molar-refractivity contribution is 5.78. The van der Waals surface area contributed by atoms with Gasteiger partial charge in [-0.3, -0.25) is 4.79 Å².